The van der Waals surface area contributed by atoms with E-state index in [9.17, 15) is 9.18 Å². The van der Waals surface area contributed by atoms with E-state index in [4.69, 9.17) is 4.74 Å². The summed E-state index contributed by atoms with van der Waals surface area (Å²) in [7, 11) is 0. The van der Waals surface area contributed by atoms with Gasteiger partial charge in [0.2, 0.25) is 11.8 Å². The Morgan fingerprint density at radius 3 is 2.57 bits per heavy atom. The number of halogens is 1. The predicted octanol–water partition coefficient (Wildman–Crippen LogP) is 4.03. The Hall–Kier alpha value is -2.69. The fraction of sp³-hybridized carbons (Fsp3) is 0.222. The maximum Gasteiger partial charge on any atom is 0.239 e. The number of ether oxygens (including phenoxy) is 1. The van der Waals surface area contributed by atoms with E-state index in [0.717, 1.165) is 22.2 Å². The molecule has 0 atom stereocenters. The number of benzene rings is 1. The third-order valence-electron chi connectivity index (χ3n) is 4.00. The predicted molar refractivity (Wildman–Crippen MR) is 86.2 cm³/mol. The van der Waals surface area contributed by atoms with E-state index in [1.165, 1.54) is 19.1 Å². The Morgan fingerprint density at radius 1 is 1.22 bits per heavy atom. The van der Waals surface area contributed by atoms with Gasteiger partial charge in [-0.3, -0.25) is 9.36 Å². The SMILES string of the molecule is CC(=O)n1c(C)c(C)c2ccnc(OCc3ccc(F)cc3)c21. The highest BCUT2D eigenvalue weighted by Crippen LogP contribution is 2.31. The average Bonchev–Trinajstić information content (AvgIpc) is 2.79. The van der Waals surface area contributed by atoms with Crippen LogP contribution in [0.3, 0.4) is 0 Å². The molecule has 0 saturated heterocycles. The highest BCUT2D eigenvalue weighted by molar-refractivity contribution is 5.97. The van der Waals surface area contributed by atoms with Crippen molar-refractivity contribution in [3.63, 3.8) is 0 Å². The molecule has 5 heteroatoms. The molecule has 2 heterocycles. The molecule has 0 spiro atoms. The zero-order valence-corrected chi connectivity index (χ0v) is 13.3. The van der Waals surface area contributed by atoms with Crippen LogP contribution in [0.4, 0.5) is 4.39 Å². The van der Waals surface area contributed by atoms with Crippen LogP contribution in [0.25, 0.3) is 10.9 Å². The molecule has 0 amide bonds. The molecule has 0 N–H and O–H groups in total. The van der Waals surface area contributed by atoms with E-state index < -0.39 is 0 Å². The number of carbonyl (C=O) groups excluding carboxylic acids is 1. The van der Waals surface area contributed by atoms with Crippen molar-refractivity contribution in [2.45, 2.75) is 27.4 Å². The van der Waals surface area contributed by atoms with Gasteiger partial charge in [0.05, 0.1) is 0 Å². The Morgan fingerprint density at radius 2 is 1.91 bits per heavy atom. The summed E-state index contributed by atoms with van der Waals surface area (Å²) in [6, 6.07) is 7.98. The zero-order valence-electron chi connectivity index (χ0n) is 13.3. The summed E-state index contributed by atoms with van der Waals surface area (Å²) < 4.78 is 20.4. The van der Waals surface area contributed by atoms with Gasteiger partial charge in [-0.1, -0.05) is 12.1 Å². The quantitative estimate of drug-likeness (QED) is 0.733. The Kier molecular flexibility index (Phi) is 3.86. The van der Waals surface area contributed by atoms with Crippen LogP contribution in [0.1, 0.15) is 28.5 Å². The summed E-state index contributed by atoms with van der Waals surface area (Å²) in [5.74, 6) is 0.0316. The lowest BCUT2D eigenvalue weighted by Crippen LogP contribution is -2.09. The molecule has 0 aliphatic rings. The second kappa shape index (κ2) is 5.83. The summed E-state index contributed by atoms with van der Waals surface area (Å²) in [6.07, 6.45) is 1.67. The van der Waals surface area contributed by atoms with Crippen molar-refractivity contribution < 1.29 is 13.9 Å². The van der Waals surface area contributed by atoms with Crippen molar-refractivity contribution >= 4 is 16.8 Å². The molecule has 0 aliphatic carbocycles. The minimum atomic E-state index is -0.286. The van der Waals surface area contributed by atoms with Gasteiger partial charge in [0, 0.05) is 24.2 Å². The second-order valence-electron chi connectivity index (χ2n) is 5.49. The molecule has 0 unspecified atom stereocenters. The molecule has 0 aliphatic heterocycles. The van der Waals surface area contributed by atoms with E-state index in [1.807, 2.05) is 19.9 Å². The topological polar surface area (TPSA) is 44.1 Å². The lowest BCUT2D eigenvalue weighted by molar-refractivity contribution is 0.0938. The average molecular weight is 312 g/mol. The highest BCUT2D eigenvalue weighted by atomic mass is 19.1. The van der Waals surface area contributed by atoms with Gasteiger partial charge < -0.3 is 4.74 Å². The van der Waals surface area contributed by atoms with E-state index >= 15 is 0 Å². The van der Waals surface area contributed by atoms with Gasteiger partial charge in [-0.15, -0.1) is 0 Å². The Bertz CT molecular complexity index is 882. The van der Waals surface area contributed by atoms with Crippen molar-refractivity contribution in [1.82, 2.24) is 9.55 Å². The summed E-state index contributed by atoms with van der Waals surface area (Å²) in [5, 5.41) is 0.946. The number of nitrogens with zero attached hydrogens (tertiary/aromatic N) is 2. The fourth-order valence-electron chi connectivity index (χ4n) is 2.72. The number of fused-ring (bicyclic) bond motifs is 1. The van der Waals surface area contributed by atoms with Gasteiger partial charge in [-0.2, -0.15) is 0 Å². The monoisotopic (exact) mass is 312 g/mol. The number of pyridine rings is 1. The Labute approximate surface area is 133 Å². The third-order valence-corrected chi connectivity index (χ3v) is 4.00. The van der Waals surface area contributed by atoms with Gasteiger partial charge in [-0.05, 0) is 43.2 Å². The number of hydrogen-bond acceptors (Lipinski definition) is 3. The maximum atomic E-state index is 13.0. The number of aryl methyl sites for hydroxylation is 1. The van der Waals surface area contributed by atoms with Crippen LogP contribution < -0.4 is 4.74 Å². The molecule has 0 fully saturated rings. The first-order valence-electron chi connectivity index (χ1n) is 7.34. The maximum absolute atomic E-state index is 13.0. The van der Waals surface area contributed by atoms with Crippen molar-refractivity contribution in [1.29, 1.82) is 0 Å². The molecular formula is C18H17FN2O2. The second-order valence-corrected chi connectivity index (χ2v) is 5.49. The van der Waals surface area contributed by atoms with Crippen molar-refractivity contribution in [3.05, 3.63) is 59.2 Å². The lowest BCUT2D eigenvalue weighted by Gasteiger charge is -2.09. The molecule has 118 valence electrons. The first-order chi connectivity index (χ1) is 11.0. The number of rotatable bonds is 3. The van der Waals surface area contributed by atoms with Gasteiger partial charge >= 0.3 is 0 Å². The summed E-state index contributed by atoms with van der Waals surface area (Å²) >= 11 is 0. The summed E-state index contributed by atoms with van der Waals surface area (Å²) in [5.41, 5.74) is 3.42. The highest BCUT2D eigenvalue weighted by Gasteiger charge is 2.18. The van der Waals surface area contributed by atoms with Gasteiger partial charge in [0.15, 0.2) is 0 Å². The van der Waals surface area contributed by atoms with Crippen LogP contribution in [-0.2, 0) is 6.61 Å². The van der Waals surface area contributed by atoms with Crippen molar-refractivity contribution in [2.24, 2.45) is 0 Å². The summed E-state index contributed by atoms with van der Waals surface area (Å²) in [4.78, 5) is 16.3. The first-order valence-corrected chi connectivity index (χ1v) is 7.34. The molecule has 0 radical (unpaired) electrons. The number of aromatic nitrogens is 2. The van der Waals surface area contributed by atoms with Crippen LogP contribution in [0.5, 0.6) is 5.88 Å². The van der Waals surface area contributed by atoms with Crippen molar-refractivity contribution in [2.75, 3.05) is 0 Å². The number of carbonyl (C=O) groups is 1. The molecule has 3 rings (SSSR count). The summed E-state index contributed by atoms with van der Waals surface area (Å²) in [6.45, 7) is 5.65. The van der Waals surface area contributed by atoms with Crippen molar-refractivity contribution in [3.8, 4) is 5.88 Å². The van der Waals surface area contributed by atoms with E-state index in [-0.39, 0.29) is 18.3 Å². The number of hydrogen-bond donors (Lipinski definition) is 0. The van der Waals surface area contributed by atoms with E-state index in [0.29, 0.717) is 11.4 Å². The minimum Gasteiger partial charge on any atom is -0.471 e. The lowest BCUT2D eigenvalue weighted by atomic mass is 10.2. The normalized spacial score (nSPS) is 11.0. The zero-order chi connectivity index (χ0) is 16.6. The van der Waals surface area contributed by atoms with Crippen LogP contribution in [0.2, 0.25) is 0 Å². The third kappa shape index (κ3) is 2.70. The van der Waals surface area contributed by atoms with E-state index in [1.54, 1.807) is 22.9 Å². The molecule has 0 bridgehead atoms. The fourth-order valence-corrected chi connectivity index (χ4v) is 2.72. The van der Waals surface area contributed by atoms with Crippen LogP contribution in [-0.4, -0.2) is 15.5 Å². The Balaban J connectivity index is 2.02. The van der Waals surface area contributed by atoms with Gasteiger partial charge in [0.1, 0.15) is 17.9 Å². The standard InChI is InChI=1S/C18H17FN2O2/c1-11-12(2)21(13(3)22)17-16(11)8-9-20-18(17)23-10-14-4-6-15(19)7-5-14/h4-9H,10H2,1-3H3. The van der Waals surface area contributed by atoms with Gasteiger partial charge in [-0.25, -0.2) is 9.37 Å². The van der Waals surface area contributed by atoms with Crippen LogP contribution >= 0.6 is 0 Å². The largest absolute Gasteiger partial charge is 0.471 e. The molecule has 3 aromatic rings. The van der Waals surface area contributed by atoms with Crippen LogP contribution in [0, 0.1) is 19.7 Å². The first kappa shape index (κ1) is 15.2. The molecule has 0 saturated carbocycles. The smallest absolute Gasteiger partial charge is 0.239 e. The van der Waals surface area contributed by atoms with E-state index in [2.05, 4.69) is 4.98 Å². The molecular weight excluding hydrogens is 295 g/mol. The molecule has 2 aromatic heterocycles. The van der Waals surface area contributed by atoms with Crippen LogP contribution in [0.15, 0.2) is 36.5 Å². The van der Waals surface area contributed by atoms with Gasteiger partial charge in [0.25, 0.3) is 0 Å². The molecule has 4 nitrogen and oxygen atoms in total. The molecule has 23 heavy (non-hydrogen) atoms. The minimum absolute atomic E-state index is 0.0831. The molecule has 1 aromatic carbocycles.